The molecule has 1 saturated heterocycles. The molecule has 1 unspecified atom stereocenters. The molecule has 0 saturated carbocycles. The number of carbonyl (C=O) groups excluding carboxylic acids is 1. The normalized spacial score (nSPS) is 35.0. The predicted molar refractivity (Wildman–Crippen MR) is 95.1 cm³/mol. The van der Waals surface area contributed by atoms with E-state index >= 15 is 0 Å². The van der Waals surface area contributed by atoms with E-state index in [0.29, 0.717) is 13.0 Å². The Hall–Kier alpha value is -1.37. The van der Waals surface area contributed by atoms with Gasteiger partial charge in [-0.3, -0.25) is 0 Å². The van der Waals surface area contributed by atoms with Crippen molar-refractivity contribution in [1.82, 2.24) is 5.32 Å². The fourth-order valence-electron chi connectivity index (χ4n) is 3.53. The number of ether oxygens (including phenoxy) is 3. The number of hydrogen-bond acceptors (Lipinski definition) is 5. The van der Waals surface area contributed by atoms with E-state index in [1.807, 2.05) is 20.8 Å². The van der Waals surface area contributed by atoms with Gasteiger partial charge in [-0.2, -0.15) is 0 Å². The number of alkyl carbamates (subject to hydrolysis) is 1. The highest BCUT2D eigenvalue weighted by Gasteiger charge is 2.52. The van der Waals surface area contributed by atoms with Crippen LogP contribution in [-0.2, 0) is 14.2 Å². The van der Waals surface area contributed by atoms with Crippen LogP contribution in [0.25, 0.3) is 0 Å². The van der Waals surface area contributed by atoms with Gasteiger partial charge in [-0.25, -0.2) is 4.79 Å². The Labute approximate surface area is 150 Å². The molecule has 1 heterocycles. The zero-order chi connectivity index (χ0) is 19.0. The fraction of sp³-hybridized carbons (Fsp3) is 0.737. The quantitative estimate of drug-likeness (QED) is 0.763. The predicted octanol–water partition coefficient (Wildman–Crippen LogP) is 2.91. The smallest absolute Gasteiger partial charge is 0.408 e. The molecule has 6 heteroatoms. The van der Waals surface area contributed by atoms with E-state index in [-0.39, 0.29) is 12.0 Å². The molecule has 4 atom stereocenters. The summed E-state index contributed by atoms with van der Waals surface area (Å²) in [6, 6.07) is 0. The van der Waals surface area contributed by atoms with Crippen molar-refractivity contribution in [2.24, 2.45) is 5.92 Å². The zero-order valence-electron chi connectivity index (χ0n) is 16.1. The molecule has 2 aliphatic rings. The second kappa shape index (κ2) is 6.74. The van der Waals surface area contributed by atoms with E-state index in [9.17, 15) is 9.90 Å². The summed E-state index contributed by atoms with van der Waals surface area (Å²) in [6.45, 7) is 15.3. The highest BCUT2D eigenvalue weighted by Crippen LogP contribution is 2.41. The molecule has 0 radical (unpaired) electrons. The van der Waals surface area contributed by atoms with Crippen molar-refractivity contribution in [3.63, 3.8) is 0 Å². The van der Waals surface area contributed by atoms with Gasteiger partial charge in [-0.15, -0.1) is 6.58 Å². The zero-order valence-corrected chi connectivity index (χ0v) is 16.1. The first-order valence-corrected chi connectivity index (χ1v) is 8.70. The van der Waals surface area contributed by atoms with Crippen molar-refractivity contribution in [1.29, 1.82) is 0 Å². The second-order valence-corrected chi connectivity index (χ2v) is 8.40. The van der Waals surface area contributed by atoms with E-state index in [1.54, 1.807) is 32.9 Å². The van der Waals surface area contributed by atoms with Gasteiger partial charge < -0.3 is 24.6 Å². The molecule has 1 aliphatic heterocycles. The molecule has 0 aromatic heterocycles. The van der Waals surface area contributed by atoms with Crippen LogP contribution in [0.1, 0.15) is 48.0 Å². The number of rotatable bonds is 3. The summed E-state index contributed by atoms with van der Waals surface area (Å²) >= 11 is 0. The van der Waals surface area contributed by atoms with Crippen LogP contribution in [-0.4, -0.2) is 46.9 Å². The topological polar surface area (TPSA) is 77.0 Å². The summed E-state index contributed by atoms with van der Waals surface area (Å²) in [6.07, 6.45) is 2.19. The maximum absolute atomic E-state index is 12.4. The Bertz CT molecular complexity index is 563. The SMILES string of the molecule is C=C[C@@]1(NC(=O)OC(C)(C)C)C([C@H]2COC(C)(C)O2)CC(C)=C[C@H]1O. The van der Waals surface area contributed by atoms with E-state index in [0.717, 1.165) is 5.57 Å². The highest BCUT2D eigenvalue weighted by atomic mass is 16.7. The van der Waals surface area contributed by atoms with Crippen molar-refractivity contribution in [3.05, 3.63) is 24.3 Å². The summed E-state index contributed by atoms with van der Waals surface area (Å²) in [7, 11) is 0. The van der Waals surface area contributed by atoms with Crippen LogP contribution < -0.4 is 5.32 Å². The van der Waals surface area contributed by atoms with E-state index < -0.39 is 29.1 Å². The monoisotopic (exact) mass is 353 g/mol. The number of nitrogens with one attached hydrogen (secondary N) is 1. The standard InChI is InChI=1S/C19H31NO5/c1-8-19(20-16(22)25-17(3,4)5)13(9-12(2)10-15(19)21)14-11-23-18(6,7)24-14/h8,10,13-15,21H,1,9,11H2,2-7H3,(H,20,22)/t13?,14-,15-,19-/m1/s1. The molecule has 0 aromatic carbocycles. The summed E-state index contributed by atoms with van der Waals surface area (Å²) in [5.41, 5.74) is -0.687. The van der Waals surface area contributed by atoms with E-state index in [1.165, 1.54) is 0 Å². The third-order valence-electron chi connectivity index (χ3n) is 4.62. The van der Waals surface area contributed by atoms with Crippen LogP contribution in [0, 0.1) is 5.92 Å². The van der Waals surface area contributed by atoms with Crippen molar-refractivity contribution >= 4 is 6.09 Å². The van der Waals surface area contributed by atoms with Crippen LogP contribution in [0.5, 0.6) is 0 Å². The maximum Gasteiger partial charge on any atom is 0.408 e. The molecule has 1 fully saturated rings. The first-order chi connectivity index (χ1) is 11.4. The van der Waals surface area contributed by atoms with Gasteiger partial charge in [0.05, 0.1) is 24.4 Å². The van der Waals surface area contributed by atoms with Gasteiger partial charge in [-0.1, -0.05) is 17.7 Å². The fourth-order valence-corrected chi connectivity index (χ4v) is 3.53. The van der Waals surface area contributed by atoms with Crippen LogP contribution in [0.3, 0.4) is 0 Å². The minimum atomic E-state index is -1.09. The summed E-state index contributed by atoms with van der Waals surface area (Å²) in [4.78, 5) is 12.4. The summed E-state index contributed by atoms with van der Waals surface area (Å²) in [5.74, 6) is -0.914. The number of carbonyl (C=O) groups is 1. The minimum Gasteiger partial charge on any atom is -0.444 e. The average molecular weight is 353 g/mol. The van der Waals surface area contributed by atoms with Crippen LogP contribution >= 0.6 is 0 Å². The molecule has 2 rings (SSSR count). The number of hydrogen-bond donors (Lipinski definition) is 2. The molecule has 0 bridgehead atoms. The third-order valence-corrected chi connectivity index (χ3v) is 4.62. The van der Waals surface area contributed by atoms with Gasteiger partial charge >= 0.3 is 6.09 Å². The van der Waals surface area contributed by atoms with Crippen molar-refractivity contribution in [2.45, 2.75) is 77.1 Å². The number of aliphatic hydroxyl groups excluding tert-OH is 1. The summed E-state index contributed by atoms with van der Waals surface area (Å²) in [5, 5.41) is 13.6. The lowest BCUT2D eigenvalue weighted by molar-refractivity contribution is -0.150. The molecule has 0 aromatic rings. The third kappa shape index (κ3) is 4.43. The first kappa shape index (κ1) is 19.9. The molecule has 6 nitrogen and oxygen atoms in total. The maximum atomic E-state index is 12.4. The van der Waals surface area contributed by atoms with Crippen LogP contribution in [0.15, 0.2) is 24.3 Å². The minimum absolute atomic E-state index is 0.223. The van der Waals surface area contributed by atoms with Gasteiger partial charge in [0.1, 0.15) is 5.60 Å². The number of amides is 1. The summed E-state index contributed by atoms with van der Waals surface area (Å²) < 4.78 is 17.1. The van der Waals surface area contributed by atoms with Crippen LogP contribution in [0.2, 0.25) is 0 Å². The van der Waals surface area contributed by atoms with Crippen molar-refractivity contribution in [3.8, 4) is 0 Å². The molecule has 2 N–H and O–H groups in total. The molecule has 1 aliphatic carbocycles. The van der Waals surface area contributed by atoms with Gasteiger partial charge in [-0.05, 0) is 48.0 Å². The molecule has 142 valence electrons. The molecular formula is C19H31NO5. The van der Waals surface area contributed by atoms with E-state index in [4.69, 9.17) is 14.2 Å². The first-order valence-electron chi connectivity index (χ1n) is 8.70. The molecular weight excluding hydrogens is 322 g/mol. The Morgan fingerprint density at radius 2 is 2.12 bits per heavy atom. The van der Waals surface area contributed by atoms with Gasteiger partial charge in [0, 0.05) is 5.92 Å². The lowest BCUT2D eigenvalue weighted by Gasteiger charge is -2.46. The Kier molecular flexibility index (Phi) is 5.38. The lowest BCUT2D eigenvalue weighted by atomic mass is 9.69. The largest absolute Gasteiger partial charge is 0.444 e. The molecule has 1 amide bonds. The second-order valence-electron chi connectivity index (χ2n) is 8.40. The van der Waals surface area contributed by atoms with E-state index in [2.05, 4.69) is 11.9 Å². The highest BCUT2D eigenvalue weighted by molar-refractivity contribution is 5.70. The molecule has 25 heavy (non-hydrogen) atoms. The van der Waals surface area contributed by atoms with Crippen molar-refractivity contribution < 1.29 is 24.1 Å². The number of allylic oxidation sites excluding steroid dienone is 1. The Morgan fingerprint density at radius 1 is 1.48 bits per heavy atom. The average Bonchev–Trinajstić information content (AvgIpc) is 2.79. The Balaban J connectivity index is 2.32. The number of aliphatic hydroxyl groups is 1. The lowest BCUT2D eigenvalue weighted by Crippen LogP contribution is -2.64. The molecule has 0 spiro atoms. The Morgan fingerprint density at radius 3 is 2.60 bits per heavy atom. The van der Waals surface area contributed by atoms with Gasteiger partial charge in [0.25, 0.3) is 0 Å². The van der Waals surface area contributed by atoms with Crippen molar-refractivity contribution in [2.75, 3.05) is 6.61 Å². The van der Waals surface area contributed by atoms with Gasteiger partial charge in [0.2, 0.25) is 0 Å². The van der Waals surface area contributed by atoms with Crippen LogP contribution in [0.4, 0.5) is 4.79 Å². The van der Waals surface area contributed by atoms with Gasteiger partial charge in [0.15, 0.2) is 5.79 Å².